The van der Waals surface area contributed by atoms with Gasteiger partial charge >= 0.3 is 12.0 Å². The van der Waals surface area contributed by atoms with Crippen LogP contribution in [0.3, 0.4) is 0 Å². The number of rotatable bonds is 5. The van der Waals surface area contributed by atoms with Gasteiger partial charge in [0, 0.05) is 9.75 Å². The molecule has 5 nitrogen and oxygen atoms in total. The molecule has 0 fully saturated rings. The van der Waals surface area contributed by atoms with E-state index in [-0.39, 0.29) is 5.92 Å². The molecular formula is C12H18N2O3S. The van der Waals surface area contributed by atoms with Gasteiger partial charge in [0.05, 0.1) is 6.54 Å². The molecule has 1 heterocycles. The summed E-state index contributed by atoms with van der Waals surface area (Å²) in [5.41, 5.74) is 0. The zero-order chi connectivity index (χ0) is 13.7. The van der Waals surface area contributed by atoms with Crippen molar-refractivity contribution in [2.24, 2.45) is 5.92 Å². The van der Waals surface area contributed by atoms with Crippen LogP contribution in [-0.2, 0) is 11.3 Å². The standard InChI is InChI=1S/C12H18N2O3S/c1-7(2)10(11(15)16)14-12(17)13-6-9-5-4-8(3)18-9/h4-5,7,10H,6H2,1-3H3,(H,15,16)(H2,13,14,17). The maximum absolute atomic E-state index is 11.6. The number of hydrogen-bond acceptors (Lipinski definition) is 3. The molecule has 1 aromatic heterocycles. The van der Waals surface area contributed by atoms with Gasteiger partial charge in [-0.2, -0.15) is 0 Å². The van der Waals surface area contributed by atoms with Crippen molar-refractivity contribution in [1.29, 1.82) is 0 Å². The summed E-state index contributed by atoms with van der Waals surface area (Å²) in [6, 6.07) is 2.60. The molecule has 3 N–H and O–H groups in total. The highest BCUT2D eigenvalue weighted by Gasteiger charge is 2.23. The first-order valence-corrected chi connectivity index (χ1v) is 6.54. The molecule has 0 saturated heterocycles. The summed E-state index contributed by atoms with van der Waals surface area (Å²) in [6.07, 6.45) is 0. The summed E-state index contributed by atoms with van der Waals surface area (Å²) in [4.78, 5) is 24.7. The van der Waals surface area contributed by atoms with E-state index in [0.29, 0.717) is 6.54 Å². The average Bonchev–Trinajstić information content (AvgIpc) is 2.68. The number of thiophene rings is 1. The zero-order valence-corrected chi connectivity index (χ0v) is 11.5. The monoisotopic (exact) mass is 270 g/mol. The maximum Gasteiger partial charge on any atom is 0.326 e. The van der Waals surface area contributed by atoms with Crippen molar-refractivity contribution in [3.63, 3.8) is 0 Å². The predicted octanol–water partition coefficient (Wildman–Crippen LogP) is 1.96. The van der Waals surface area contributed by atoms with E-state index in [9.17, 15) is 9.59 Å². The summed E-state index contributed by atoms with van der Waals surface area (Å²) in [5.74, 6) is -1.18. The second kappa shape index (κ2) is 6.39. The molecule has 1 aromatic rings. The third-order valence-corrected chi connectivity index (χ3v) is 3.44. The van der Waals surface area contributed by atoms with Gasteiger partial charge in [0.1, 0.15) is 6.04 Å². The lowest BCUT2D eigenvalue weighted by molar-refractivity contribution is -0.140. The minimum absolute atomic E-state index is 0.155. The number of aryl methyl sites for hydroxylation is 1. The fourth-order valence-corrected chi connectivity index (χ4v) is 2.28. The number of urea groups is 1. The quantitative estimate of drug-likeness (QED) is 0.765. The van der Waals surface area contributed by atoms with Crippen LogP contribution in [0.5, 0.6) is 0 Å². The van der Waals surface area contributed by atoms with Gasteiger partial charge in [-0.1, -0.05) is 13.8 Å². The number of nitrogens with one attached hydrogen (secondary N) is 2. The molecule has 100 valence electrons. The lowest BCUT2D eigenvalue weighted by Crippen LogP contribution is -2.48. The van der Waals surface area contributed by atoms with Crippen LogP contribution in [0.15, 0.2) is 12.1 Å². The molecule has 0 radical (unpaired) electrons. The van der Waals surface area contributed by atoms with Gasteiger partial charge in [0.25, 0.3) is 0 Å². The van der Waals surface area contributed by atoms with Crippen LogP contribution in [0, 0.1) is 12.8 Å². The molecular weight excluding hydrogens is 252 g/mol. The van der Waals surface area contributed by atoms with Crippen molar-refractivity contribution in [3.05, 3.63) is 21.9 Å². The zero-order valence-electron chi connectivity index (χ0n) is 10.7. The van der Waals surface area contributed by atoms with Gasteiger partial charge < -0.3 is 15.7 Å². The van der Waals surface area contributed by atoms with Crippen LogP contribution < -0.4 is 10.6 Å². The lowest BCUT2D eigenvalue weighted by atomic mass is 10.1. The van der Waals surface area contributed by atoms with Crippen molar-refractivity contribution >= 4 is 23.3 Å². The van der Waals surface area contributed by atoms with Gasteiger partial charge in [-0.3, -0.25) is 0 Å². The molecule has 2 amide bonds. The number of carboxylic acid groups (broad SMARTS) is 1. The molecule has 0 bridgehead atoms. The van der Waals surface area contributed by atoms with E-state index in [0.717, 1.165) is 4.88 Å². The van der Waals surface area contributed by atoms with Crippen LogP contribution in [0.2, 0.25) is 0 Å². The SMILES string of the molecule is Cc1ccc(CNC(=O)NC(C(=O)O)C(C)C)s1. The molecule has 1 unspecified atom stereocenters. The van der Waals surface area contributed by atoms with Gasteiger partial charge in [-0.15, -0.1) is 11.3 Å². The van der Waals surface area contributed by atoms with Crippen molar-refractivity contribution in [1.82, 2.24) is 10.6 Å². The Morgan fingerprint density at radius 2 is 2.06 bits per heavy atom. The van der Waals surface area contributed by atoms with Crippen LogP contribution in [0.4, 0.5) is 4.79 Å². The van der Waals surface area contributed by atoms with Crippen LogP contribution in [0.25, 0.3) is 0 Å². The fourth-order valence-electron chi connectivity index (χ4n) is 1.45. The van der Waals surface area contributed by atoms with Crippen LogP contribution in [0.1, 0.15) is 23.6 Å². The first kappa shape index (κ1) is 14.5. The van der Waals surface area contributed by atoms with E-state index in [1.165, 1.54) is 4.88 Å². The highest BCUT2D eigenvalue weighted by Crippen LogP contribution is 2.14. The van der Waals surface area contributed by atoms with Gasteiger partial charge in [-0.25, -0.2) is 9.59 Å². The summed E-state index contributed by atoms with van der Waals surface area (Å²) in [5, 5.41) is 14.0. The minimum atomic E-state index is -1.02. The number of amides is 2. The normalized spacial score (nSPS) is 12.2. The molecule has 0 aromatic carbocycles. The average molecular weight is 270 g/mol. The Kier molecular flexibility index (Phi) is 5.15. The third kappa shape index (κ3) is 4.37. The highest BCUT2D eigenvalue weighted by molar-refractivity contribution is 7.11. The molecule has 0 saturated carbocycles. The van der Waals surface area contributed by atoms with Crippen LogP contribution in [-0.4, -0.2) is 23.1 Å². The van der Waals surface area contributed by atoms with Gasteiger partial charge in [0.2, 0.25) is 0 Å². The summed E-state index contributed by atoms with van der Waals surface area (Å²) < 4.78 is 0. The van der Waals surface area contributed by atoms with Gasteiger partial charge in [0.15, 0.2) is 0 Å². The Bertz CT molecular complexity index is 429. The summed E-state index contributed by atoms with van der Waals surface area (Å²) in [7, 11) is 0. The van der Waals surface area contributed by atoms with Gasteiger partial charge in [-0.05, 0) is 25.0 Å². The first-order chi connectivity index (χ1) is 8.40. The fraction of sp³-hybridized carbons (Fsp3) is 0.500. The maximum atomic E-state index is 11.6. The number of hydrogen-bond donors (Lipinski definition) is 3. The highest BCUT2D eigenvalue weighted by atomic mass is 32.1. The topological polar surface area (TPSA) is 78.4 Å². The number of carboxylic acids is 1. The van der Waals surface area contributed by atoms with E-state index >= 15 is 0 Å². The number of carbonyl (C=O) groups excluding carboxylic acids is 1. The second-order valence-corrected chi connectivity index (χ2v) is 5.77. The molecule has 0 aliphatic rings. The van der Waals surface area contributed by atoms with E-state index in [2.05, 4.69) is 10.6 Å². The minimum Gasteiger partial charge on any atom is -0.480 e. The van der Waals surface area contributed by atoms with Crippen molar-refractivity contribution < 1.29 is 14.7 Å². The molecule has 6 heteroatoms. The molecule has 0 aliphatic heterocycles. The summed E-state index contributed by atoms with van der Waals surface area (Å²) in [6.45, 7) is 5.91. The Morgan fingerprint density at radius 3 is 2.50 bits per heavy atom. The van der Waals surface area contributed by atoms with Crippen molar-refractivity contribution in [2.75, 3.05) is 0 Å². The largest absolute Gasteiger partial charge is 0.480 e. The molecule has 18 heavy (non-hydrogen) atoms. The van der Waals surface area contributed by atoms with Crippen molar-refractivity contribution in [3.8, 4) is 0 Å². The lowest BCUT2D eigenvalue weighted by Gasteiger charge is -2.18. The predicted molar refractivity (Wildman–Crippen MR) is 70.7 cm³/mol. The Morgan fingerprint density at radius 1 is 1.39 bits per heavy atom. The van der Waals surface area contributed by atoms with E-state index in [4.69, 9.17) is 5.11 Å². The van der Waals surface area contributed by atoms with Crippen molar-refractivity contribution in [2.45, 2.75) is 33.4 Å². The molecule has 0 spiro atoms. The summed E-state index contributed by atoms with van der Waals surface area (Å²) >= 11 is 1.60. The molecule has 1 rings (SSSR count). The second-order valence-electron chi connectivity index (χ2n) is 4.40. The van der Waals surface area contributed by atoms with E-state index in [1.807, 2.05) is 19.1 Å². The van der Waals surface area contributed by atoms with E-state index < -0.39 is 18.0 Å². The molecule has 1 atom stereocenters. The Balaban J connectivity index is 2.43. The Hall–Kier alpha value is -1.56. The number of carbonyl (C=O) groups is 2. The first-order valence-electron chi connectivity index (χ1n) is 5.72. The molecule has 0 aliphatic carbocycles. The number of aliphatic carboxylic acids is 1. The Labute approximate surface area is 110 Å². The van der Waals surface area contributed by atoms with E-state index in [1.54, 1.807) is 25.2 Å². The third-order valence-electron chi connectivity index (χ3n) is 2.44. The smallest absolute Gasteiger partial charge is 0.326 e. The van der Waals surface area contributed by atoms with Crippen LogP contribution >= 0.6 is 11.3 Å².